The van der Waals surface area contributed by atoms with Crippen LogP contribution in [0.15, 0.2) is 29.2 Å². The number of fused-ring (bicyclic) bond motifs is 1. The Morgan fingerprint density at radius 1 is 1.37 bits per heavy atom. The summed E-state index contributed by atoms with van der Waals surface area (Å²) in [6.45, 7) is 0.256. The van der Waals surface area contributed by atoms with Crippen molar-refractivity contribution in [2.75, 3.05) is 7.05 Å². The zero-order valence-electron chi connectivity index (χ0n) is 10.7. The van der Waals surface area contributed by atoms with Crippen molar-refractivity contribution >= 4 is 31.4 Å². The first-order valence-electron chi connectivity index (χ1n) is 6.24. The molecule has 0 radical (unpaired) electrons. The molecule has 1 saturated carbocycles. The van der Waals surface area contributed by atoms with Crippen LogP contribution in [-0.2, 0) is 16.6 Å². The molecule has 1 aromatic heterocycles. The fraction of sp³-hybridized carbons (Fsp3) is 0.385. The third-order valence-corrected chi connectivity index (χ3v) is 6.86. The molecular formula is C13H16N2O2S2. The molecule has 1 aromatic carbocycles. The summed E-state index contributed by atoms with van der Waals surface area (Å²) in [7, 11) is -1.77. The molecule has 6 heteroatoms. The van der Waals surface area contributed by atoms with Gasteiger partial charge in [-0.1, -0.05) is 18.2 Å². The van der Waals surface area contributed by atoms with Crippen LogP contribution in [0.3, 0.4) is 0 Å². The largest absolute Gasteiger partial charge is 0.326 e. The molecule has 0 aliphatic heterocycles. The van der Waals surface area contributed by atoms with Crippen LogP contribution in [0.5, 0.6) is 0 Å². The first-order chi connectivity index (χ1) is 9.05. The van der Waals surface area contributed by atoms with Crippen molar-refractivity contribution in [2.45, 2.75) is 30.3 Å². The van der Waals surface area contributed by atoms with Gasteiger partial charge in [-0.05, 0) is 18.9 Å². The Morgan fingerprint density at radius 3 is 2.68 bits per heavy atom. The Morgan fingerprint density at radius 2 is 2.05 bits per heavy atom. The van der Waals surface area contributed by atoms with E-state index >= 15 is 0 Å². The molecule has 1 fully saturated rings. The fourth-order valence-corrected chi connectivity index (χ4v) is 5.47. The van der Waals surface area contributed by atoms with Crippen molar-refractivity contribution in [2.24, 2.45) is 5.73 Å². The van der Waals surface area contributed by atoms with E-state index in [2.05, 4.69) is 0 Å². The lowest BCUT2D eigenvalue weighted by atomic mass is 10.2. The highest BCUT2D eigenvalue weighted by Crippen LogP contribution is 2.38. The van der Waals surface area contributed by atoms with E-state index in [0.717, 1.165) is 27.8 Å². The van der Waals surface area contributed by atoms with Crippen LogP contribution in [0.2, 0.25) is 0 Å². The highest BCUT2D eigenvalue weighted by Gasteiger charge is 2.37. The molecule has 0 spiro atoms. The predicted octanol–water partition coefficient (Wildman–Crippen LogP) is 2.14. The SMILES string of the molecule is CN(C1CC1)S(=O)(=O)c1c(CN)sc2ccccc12. The van der Waals surface area contributed by atoms with Gasteiger partial charge in [0.15, 0.2) is 0 Å². The zero-order chi connectivity index (χ0) is 13.6. The van der Waals surface area contributed by atoms with E-state index < -0.39 is 10.0 Å². The van der Waals surface area contributed by atoms with Gasteiger partial charge in [-0.25, -0.2) is 8.42 Å². The molecule has 1 heterocycles. The molecule has 1 aliphatic rings. The number of rotatable bonds is 4. The third-order valence-electron chi connectivity index (χ3n) is 3.50. The van der Waals surface area contributed by atoms with Crippen molar-refractivity contribution in [3.8, 4) is 0 Å². The van der Waals surface area contributed by atoms with Gasteiger partial charge in [0.1, 0.15) is 4.90 Å². The van der Waals surface area contributed by atoms with E-state index in [1.54, 1.807) is 7.05 Å². The maximum atomic E-state index is 12.7. The topological polar surface area (TPSA) is 63.4 Å². The van der Waals surface area contributed by atoms with Crippen LogP contribution in [0.4, 0.5) is 0 Å². The van der Waals surface area contributed by atoms with Gasteiger partial charge in [-0.15, -0.1) is 11.3 Å². The molecule has 4 nitrogen and oxygen atoms in total. The highest BCUT2D eigenvalue weighted by atomic mass is 32.2. The minimum absolute atomic E-state index is 0.161. The zero-order valence-corrected chi connectivity index (χ0v) is 12.3. The maximum absolute atomic E-state index is 12.7. The Bertz CT molecular complexity index is 717. The number of hydrogen-bond acceptors (Lipinski definition) is 4. The second kappa shape index (κ2) is 4.56. The number of sulfonamides is 1. The Balaban J connectivity index is 2.23. The summed E-state index contributed by atoms with van der Waals surface area (Å²) < 4.78 is 28.0. The molecule has 2 aromatic rings. The fourth-order valence-electron chi connectivity index (χ4n) is 2.27. The van der Waals surface area contributed by atoms with Crippen LogP contribution >= 0.6 is 11.3 Å². The van der Waals surface area contributed by atoms with Gasteiger partial charge in [0, 0.05) is 34.6 Å². The predicted molar refractivity (Wildman–Crippen MR) is 77.7 cm³/mol. The smallest absolute Gasteiger partial charge is 0.244 e. The van der Waals surface area contributed by atoms with Gasteiger partial charge < -0.3 is 5.73 Å². The van der Waals surface area contributed by atoms with Gasteiger partial charge in [0.2, 0.25) is 10.0 Å². The van der Waals surface area contributed by atoms with Gasteiger partial charge in [-0.3, -0.25) is 0 Å². The summed E-state index contributed by atoms with van der Waals surface area (Å²) in [5.41, 5.74) is 5.73. The lowest BCUT2D eigenvalue weighted by molar-refractivity contribution is 0.464. The monoisotopic (exact) mass is 296 g/mol. The quantitative estimate of drug-likeness (QED) is 0.940. The van der Waals surface area contributed by atoms with E-state index in [1.165, 1.54) is 15.6 Å². The summed E-state index contributed by atoms with van der Waals surface area (Å²) in [5.74, 6) is 0. The Hall–Kier alpha value is -0.950. The molecule has 2 N–H and O–H groups in total. The van der Waals surface area contributed by atoms with E-state index in [1.807, 2.05) is 24.3 Å². The molecule has 1 aliphatic carbocycles. The van der Waals surface area contributed by atoms with Crippen LogP contribution < -0.4 is 5.73 Å². The molecule has 0 bridgehead atoms. The second-order valence-electron chi connectivity index (χ2n) is 4.81. The Labute approximate surface area is 116 Å². The van der Waals surface area contributed by atoms with Crippen molar-refractivity contribution in [3.05, 3.63) is 29.1 Å². The first kappa shape index (κ1) is 13.1. The van der Waals surface area contributed by atoms with Crippen molar-refractivity contribution < 1.29 is 8.42 Å². The van der Waals surface area contributed by atoms with Gasteiger partial charge >= 0.3 is 0 Å². The molecule has 19 heavy (non-hydrogen) atoms. The lowest BCUT2D eigenvalue weighted by Gasteiger charge is -2.17. The molecule has 3 rings (SSSR count). The van der Waals surface area contributed by atoms with E-state index in [4.69, 9.17) is 5.73 Å². The minimum atomic E-state index is -3.44. The summed E-state index contributed by atoms with van der Waals surface area (Å²) in [6, 6.07) is 7.74. The van der Waals surface area contributed by atoms with E-state index in [-0.39, 0.29) is 12.6 Å². The molecule has 0 unspecified atom stereocenters. The van der Waals surface area contributed by atoms with Crippen molar-refractivity contribution in [3.63, 3.8) is 0 Å². The molecule has 0 amide bonds. The average molecular weight is 296 g/mol. The van der Waals surface area contributed by atoms with Gasteiger partial charge in [0.25, 0.3) is 0 Å². The molecular weight excluding hydrogens is 280 g/mol. The number of thiophene rings is 1. The van der Waals surface area contributed by atoms with E-state index in [0.29, 0.717) is 4.90 Å². The maximum Gasteiger partial charge on any atom is 0.244 e. The molecule has 102 valence electrons. The summed E-state index contributed by atoms with van der Waals surface area (Å²) in [6.07, 6.45) is 1.91. The second-order valence-corrected chi connectivity index (χ2v) is 7.88. The molecule has 0 saturated heterocycles. The highest BCUT2D eigenvalue weighted by molar-refractivity contribution is 7.89. The lowest BCUT2D eigenvalue weighted by Crippen LogP contribution is -2.29. The van der Waals surface area contributed by atoms with Crippen LogP contribution in [0.1, 0.15) is 17.7 Å². The van der Waals surface area contributed by atoms with Crippen molar-refractivity contribution in [1.29, 1.82) is 0 Å². The van der Waals surface area contributed by atoms with Crippen molar-refractivity contribution in [1.82, 2.24) is 4.31 Å². The average Bonchev–Trinajstić information content (AvgIpc) is 3.16. The van der Waals surface area contributed by atoms with E-state index in [9.17, 15) is 8.42 Å². The van der Waals surface area contributed by atoms with Crippen LogP contribution in [0.25, 0.3) is 10.1 Å². The molecule has 0 atom stereocenters. The number of hydrogen-bond donors (Lipinski definition) is 1. The normalized spacial score (nSPS) is 16.4. The van der Waals surface area contributed by atoms with Crippen LogP contribution in [0, 0.1) is 0 Å². The first-order valence-corrected chi connectivity index (χ1v) is 8.50. The van der Waals surface area contributed by atoms with Gasteiger partial charge in [0.05, 0.1) is 0 Å². The summed E-state index contributed by atoms with van der Waals surface area (Å²) in [5, 5.41) is 0.792. The number of nitrogens with two attached hydrogens (primary N) is 1. The summed E-state index contributed by atoms with van der Waals surface area (Å²) in [4.78, 5) is 1.15. The standard InChI is InChI=1S/C13H16N2O2S2/c1-15(9-6-7-9)19(16,17)13-10-4-2-3-5-11(10)18-12(13)8-14/h2-5,9H,6-8,14H2,1H3. The number of nitrogens with zero attached hydrogens (tertiary/aromatic N) is 1. The van der Waals surface area contributed by atoms with Crippen LogP contribution in [-0.4, -0.2) is 25.8 Å². The minimum Gasteiger partial charge on any atom is -0.326 e. The van der Waals surface area contributed by atoms with Gasteiger partial charge in [-0.2, -0.15) is 4.31 Å². The summed E-state index contributed by atoms with van der Waals surface area (Å²) >= 11 is 1.47. The third kappa shape index (κ3) is 2.08. The number of benzene rings is 1. The Kier molecular flexibility index (Phi) is 3.13.